The first-order valence-corrected chi connectivity index (χ1v) is 9.28. The second kappa shape index (κ2) is 9.06. The predicted octanol–water partition coefficient (Wildman–Crippen LogP) is 4.11. The van der Waals surface area contributed by atoms with Crippen molar-refractivity contribution in [3.05, 3.63) is 52.6 Å². The number of aromatic nitrogens is 2. The number of hydrogen-bond acceptors (Lipinski definition) is 5. The summed E-state index contributed by atoms with van der Waals surface area (Å²) >= 11 is 5.96. The van der Waals surface area contributed by atoms with E-state index in [-0.39, 0.29) is 22.4 Å². The summed E-state index contributed by atoms with van der Waals surface area (Å²) in [5.74, 6) is -1.97. The standard InChI is InChI=1S/C19H21ClF2N6O/c1-28(2)8-4-7-23-19-25-16-13(10-14(21)15(22)17(16)26-19)18(27-29)24-12-6-3-5-11(20)9-12/h3,5-6,9-10,29H,4,7-8H2,1-2H3,(H,24,27)(H2,23,25,26). The molecule has 0 aliphatic rings. The molecule has 0 saturated heterocycles. The monoisotopic (exact) mass is 422 g/mol. The van der Waals surface area contributed by atoms with Gasteiger partial charge in [0.15, 0.2) is 17.5 Å². The van der Waals surface area contributed by atoms with E-state index >= 15 is 0 Å². The van der Waals surface area contributed by atoms with Crippen molar-refractivity contribution >= 4 is 40.1 Å². The molecule has 4 N–H and O–H groups in total. The molecule has 1 aromatic heterocycles. The number of nitrogens with one attached hydrogen (secondary N) is 3. The third-order valence-corrected chi connectivity index (χ3v) is 4.41. The molecule has 0 spiro atoms. The molecule has 7 nitrogen and oxygen atoms in total. The lowest BCUT2D eigenvalue weighted by molar-refractivity contribution is 0.319. The molecule has 1 heterocycles. The summed E-state index contributed by atoms with van der Waals surface area (Å²) in [6.07, 6.45) is 0.841. The predicted molar refractivity (Wildman–Crippen MR) is 111 cm³/mol. The number of H-pyrrole nitrogens is 1. The van der Waals surface area contributed by atoms with Gasteiger partial charge in [0.1, 0.15) is 5.52 Å². The Morgan fingerprint density at radius 2 is 2.10 bits per heavy atom. The maximum Gasteiger partial charge on any atom is 0.201 e. The fourth-order valence-corrected chi connectivity index (χ4v) is 3.01. The van der Waals surface area contributed by atoms with Crippen molar-refractivity contribution in [3.63, 3.8) is 0 Å². The summed E-state index contributed by atoms with van der Waals surface area (Å²) in [6.45, 7) is 1.46. The van der Waals surface area contributed by atoms with E-state index in [1.165, 1.54) is 0 Å². The minimum atomic E-state index is -1.10. The number of rotatable bonds is 7. The quantitative estimate of drug-likeness (QED) is 0.151. The van der Waals surface area contributed by atoms with Crippen LogP contribution in [0.3, 0.4) is 0 Å². The van der Waals surface area contributed by atoms with E-state index in [2.05, 4.69) is 25.8 Å². The maximum atomic E-state index is 14.3. The van der Waals surface area contributed by atoms with E-state index < -0.39 is 11.6 Å². The number of aromatic amines is 1. The van der Waals surface area contributed by atoms with Gasteiger partial charge in [0, 0.05) is 22.8 Å². The van der Waals surface area contributed by atoms with Crippen molar-refractivity contribution in [1.82, 2.24) is 14.9 Å². The van der Waals surface area contributed by atoms with Crippen molar-refractivity contribution in [3.8, 4) is 0 Å². The molecule has 0 bridgehead atoms. The van der Waals surface area contributed by atoms with Crippen molar-refractivity contribution in [2.24, 2.45) is 5.16 Å². The summed E-state index contributed by atoms with van der Waals surface area (Å²) in [4.78, 5) is 9.08. The zero-order valence-electron chi connectivity index (χ0n) is 15.9. The van der Waals surface area contributed by atoms with Crippen LogP contribution in [0.4, 0.5) is 20.4 Å². The van der Waals surface area contributed by atoms with Crippen molar-refractivity contribution < 1.29 is 14.0 Å². The zero-order valence-corrected chi connectivity index (χ0v) is 16.7. The number of halogens is 3. The lowest BCUT2D eigenvalue weighted by Gasteiger charge is -2.10. The fraction of sp³-hybridized carbons (Fsp3) is 0.263. The molecule has 0 amide bonds. The molecule has 10 heteroatoms. The smallest absolute Gasteiger partial charge is 0.201 e. The van der Waals surface area contributed by atoms with Crippen LogP contribution in [0.2, 0.25) is 5.02 Å². The fourth-order valence-electron chi connectivity index (χ4n) is 2.82. The first-order chi connectivity index (χ1) is 13.9. The first-order valence-electron chi connectivity index (χ1n) is 8.90. The third kappa shape index (κ3) is 4.93. The zero-order chi connectivity index (χ0) is 21.0. The van der Waals surface area contributed by atoms with E-state index in [9.17, 15) is 14.0 Å². The van der Waals surface area contributed by atoms with E-state index in [0.29, 0.717) is 23.2 Å². The van der Waals surface area contributed by atoms with Gasteiger partial charge in [-0.2, -0.15) is 0 Å². The van der Waals surface area contributed by atoms with Gasteiger partial charge < -0.3 is 25.7 Å². The molecular formula is C19H21ClF2N6O. The Morgan fingerprint density at radius 3 is 2.79 bits per heavy atom. The Labute approximate surface area is 171 Å². The van der Waals surface area contributed by atoms with Crippen LogP contribution in [-0.2, 0) is 0 Å². The van der Waals surface area contributed by atoms with Crippen LogP contribution in [0, 0.1) is 11.6 Å². The maximum absolute atomic E-state index is 14.3. The van der Waals surface area contributed by atoms with Gasteiger partial charge in [0.25, 0.3) is 0 Å². The molecule has 29 heavy (non-hydrogen) atoms. The topological polar surface area (TPSA) is 88.6 Å². The number of imidazole rings is 1. The minimum Gasteiger partial charge on any atom is -0.409 e. The van der Waals surface area contributed by atoms with Crippen molar-refractivity contribution in [2.45, 2.75) is 6.42 Å². The lowest BCUT2D eigenvalue weighted by Crippen LogP contribution is -2.16. The van der Waals surface area contributed by atoms with Crippen LogP contribution in [0.5, 0.6) is 0 Å². The molecule has 0 aliphatic carbocycles. The van der Waals surface area contributed by atoms with Crippen LogP contribution in [0.15, 0.2) is 35.5 Å². The molecule has 0 aliphatic heterocycles. The SMILES string of the molecule is CN(C)CCCNc1nc2c(F)c(F)cc(/C(=N/O)Nc3cccc(Cl)c3)c2[nH]1. The number of benzene rings is 2. The molecule has 0 fully saturated rings. The van der Waals surface area contributed by atoms with E-state index in [1.807, 2.05) is 19.0 Å². The minimum absolute atomic E-state index is 0.0843. The summed E-state index contributed by atoms with van der Waals surface area (Å²) < 4.78 is 28.5. The van der Waals surface area contributed by atoms with E-state index in [1.54, 1.807) is 24.3 Å². The van der Waals surface area contributed by atoms with Crippen LogP contribution in [-0.4, -0.2) is 53.1 Å². The van der Waals surface area contributed by atoms with Crippen molar-refractivity contribution in [2.75, 3.05) is 37.8 Å². The summed E-state index contributed by atoms with van der Waals surface area (Å²) in [5, 5.41) is 19.1. The highest BCUT2D eigenvalue weighted by Crippen LogP contribution is 2.26. The number of oxime groups is 1. The first kappa shape index (κ1) is 20.8. The Balaban J connectivity index is 1.92. The van der Waals surface area contributed by atoms with E-state index in [0.717, 1.165) is 19.0 Å². The molecule has 3 rings (SSSR count). The van der Waals surface area contributed by atoms with Crippen LogP contribution in [0.25, 0.3) is 11.0 Å². The number of anilines is 2. The molecular weight excluding hydrogens is 402 g/mol. The summed E-state index contributed by atoms with van der Waals surface area (Å²) in [7, 11) is 3.93. The van der Waals surface area contributed by atoms with Gasteiger partial charge in [-0.1, -0.05) is 22.8 Å². The largest absolute Gasteiger partial charge is 0.409 e. The normalized spacial score (nSPS) is 12.0. The Morgan fingerprint density at radius 1 is 1.31 bits per heavy atom. The van der Waals surface area contributed by atoms with Crippen LogP contribution in [0.1, 0.15) is 12.0 Å². The highest BCUT2D eigenvalue weighted by molar-refractivity contribution is 6.31. The Hall–Kier alpha value is -2.91. The number of amidine groups is 1. The average molecular weight is 423 g/mol. The van der Waals surface area contributed by atoms with Gasteiger partial charge in [-0.25, -0.2) is 13.8 Å². The molecule has 0 saturated carbocycles. The molecule has 0 radical (unpaired) electrons. The average Bonchev–Trinajstić information content (AvgIpc) is 3.11. The third-order valence-electron chi connectivity index (χ3n) is 4.18. The Kier molecular flexibility index (Phi) is 6.50. The van der Waals surface area contributed by atoms with Crippen LogP contribution >= 0.6 is 11.6 Å². The van der Waals surface area contributed by atoms with E-state index in [4.69, 9.17) is 11.6 Å². The summed E-state index contributed by atoms with van der Waals surface area (Å²) in [6, 6.07) is 7.62. The second-order valence-corrected chi connectivity index (χ2v) is 7.13. The highest BCUT2D eigenvalue weighted by atomic mass is 35.5. The van der Waals surface area contributed by atoms with Gasteiger partial charge in [-0.3, -0.25) is 0 Å². The van der Waals surface area contributed by atoms with Gasteiger partial charge in [-0.05, 0) is 51.3 Å². The number of nitrogens with zero attached hydrogens (tertiary/aromatic N) is 3. The van der Waals surface area contributed by atoms with Crippen molar-refractivity contribution in [1.29, 1.82) is 0 Å². The van der Waals surface area contributed by atoms with Gasteiger partial charge in [0.2, 0.25) is 5.95 Å². The molecule has 2 aromatic carbocycles. The molecule has 154 valence electrons. The summed E-state index contributed by atoms with van der Waals surface area (Å²) in [5.41, 5.74) is 0.644. The second-order valence-electron chi connectivity index (χ2n) is 6.70. The lowest BCUT2D eigenvalue weighted by atomic mass is 10.1. The highest BCUT2D eigenvalue weighted by Gasteiger charge is 2.20. The Bertz CT molecular complexity index is 1040. The number of hydrogen-bond donors (Lipinski definition) is 4. The van der Waals surface area contributed by atoms with Gasteiger partial charge >= 0.3 is 0 Å². The van der Waals surface area contributed by atoms with Crippen LogP contribution < -0.4 is 10.6 Å². The molecule has 0 unspecified atom stereocenters. The van der Waals surface area contributed by atoms with Gasteiger partial charge in [0.05, 0.1) is 5.52 Å². The number of fused-ring (bicyclic) bond motifs is 1. The molecule has 0 atom stereocenters. The van der Waals surface area contributed by atoms with Gasteiger partial charge in [-0.15, -0.1) is 0 Å². The molecule has 3 aromatic rings.